The quantitative estimate of drug-likeness (QED) is 0.588. The summed E-state index contributed by atoms with van der Waals surface area (Å²) in [6.45, 7) is 0. The van der Waals surface area contributed by atoms with E-state index in [9.17, 15) is 14.9 Å². The van der Waals surface area contributed by atoms with Gasteiger partial charge in [0.25, 0.3) is 5.56 Å². The molecule has 0 radical (unpaired) electrons. The van der Waals surface area contributed by atoms with E-state index in [1.807, 2.05) is 0 Å². The van der Waals surface area contributed by atoms with Crippen LogP contribution in [0.4, 0.5) is 11.4 Å². The first-order chi connectivity index (χ1) is 13.0. The number of fused-ring (bicyclic) bond motifs is 3. The maximum atomic E-state index is 13.2. The largest absolute Gasteiger partial charge is 0.371 e. The summed E-state index contributed by atoms with van der Waals surface area (Å²) < 4.78 is 1.77. The van der Waals surface area contributed by atoms with Crippen molar-refractivity contribution in [2.75, 3.05) is 19.0 Å². The first-order valence-corrected chi connectivity index (χ1v) is 10.1. The molecule has 0 saturated heterocycles. The fourth-order valence-electron chi connectivity index (χ4n) is 4.00. The molecule has 3 heterocycles. The number of rotatable bonds is 3. The van der Waals surface area contributed by atoms with Gasteiger partial charge < -0.3 is 4.90 Å². The predicted molar refractivity (Wildman–Crippen MR) is 104 cm³/mol. The summed E-state index contributed by atoms with van der Waals surface area (Å²) in [6, 6.07) is 0.201. The highest BCUT2D eigenvalue weighted by Gasteiger charge is 2.32. The highest BCUT2D eigenvalue weighted by molar-refractivity contribution is 7.98. The zero-order valence-corrected chi connectivity index (χ0v) is 16.2. The van der Waals surface area contributed by atoms with Crippen LogP contribution >= 0.6 is 11.8 Å². The fourth-order valence-corrected chi connectivity index (χ4v) is 5.00. The Hall–Kier alpha value is -2.42. The molecule has 1 fully saturated rings. The van der Waals surface area contributed by atoms with Gasteiger partial charge >= 0.3 is 5.69 Å². The lowest BCUT2D eigenvalue weighted by Gasteiger charge is -2.27. The monoisotopic (exact) mass is 387 g/mol. The second kappa shape index (κ2) is 6.95. The van der Waals surface area contributed by atoms with Crippen LogP contribution in [0, 0.1) is 10.1 Å². The molecule has 2 aromatic heterocycles. The Morgan fingerprint density at radius 2 is 2.00 bits per heavy atom. The van der Waals surface area contributed by atoms with E-state index in [1.165, 1.54) is 24.4 Å². The highest BCUT2D eigenvalue weighted by Crippen LogP contribution is 2.46. The second-order valence-electron chi connectivity index (χ2n) is 7.19. The first-order valence-electron chi connectivity index (χ1n) is 9.07. The maximum absolute atomic E-state index is 13.2. The lowest BCUT2D eigenvalue weighted by atomic mass is 9.95. The third-order valence-corrected chi connectivity index (χ3v) is 6.31. The number of nitrogens with zero attached hydrogens (tertiary/aromatic N) is 5. The molecule has 0 aromatic carbocycles. The molecule has 8 nitrogen and oxygen atoms in total. The molecule has 0 unspecified atom stereocenters. The van der Waals surface area contributed by atoms with Crippen LogP contribution in [0.3, 0.4) is 0 Å². The van der Waals surface area contributed by atoms with Gasteiger partial charge in [0.2, 0.25) is 0 Å². The Morgan fingerprint density at radius 1 is 1.26 bits per heavy atom. The zero-order valence-electron chi connectivity index (χ0n) is 15.3. The van der Waals surface area contributed by atoms with Crippen LogP contribution < -0.4 is 10.5 Å². The molecule has 0 N–H and O–H groups in total. The van der Waals surface area contributed by atoms with Crippen molar-refractivity contribution in [2.24, 2.45) is 0 Å². The predicted octanol–water partition coefficient (Wildman–Crippen LogP) is 3.39. The van der Waals surface area contributed by atoms with Gasteiger partial charge in [-0.25, -0.2) is 9.97 Å². The van der Waals surface area contributed by atoms with Gasteiger partial charge in [0, 0.05) is 25.9 Å². The van der Waals surface area contributed by atoms with Gasteiger partial charge in [-0.15, -0.1) is 11.8 Å². The third-order valence-electron chi connectivity index (χ3n) is 5.29. The Balaban J connectivity index is 1.91. The molecular formula is C18H21N5O3S. The lowest BCUT2D eigenvalue weighted by molar-refractivity contribution is -0.384. The molecule has 0 atom stereocenters. The van der Waals surface area contributed by atoms with Crippen molar-refractivity contribution in [3.05, 3.63) is 38.6 Å². The molecule has 27 heavy (non-hydrogen) atoms. The maximum Gasteiger partial charge on any atom is 0.311 e. The van der Waals surface area contributed by atoms with Crippen LogP contribution in [-0.2, 0) is 5.75 Å². The number of hydrogen-bond acceptors (Lipinski definition) is 7. The van der Waals surface area contributed by atoms with Gasteiger partial charge in [-0.05, 0) is 12.8 Å². The Labute approximate surface area is 160 Å². The highest BCUT2D eigenvalue weighted by atomic mass is 32.2. The van der Waals surface area contributed by atoms with Crippen molar-refractivity contribution in [2.45, 2.75) is 48.9 Å². The van der Waals surface area contributed by atoms with E-state index in [2.05, 4.69) is 9.97 Å². The average molecular weight is 387 g/mol. The zero-order chi connectivity index (χ0) is 19.1. The van der Waals surface area contributed by atoms with E-state index in [0.717, 1.165) is 25.7 Å². The molecule has 0 amide bonds. The third kappa shape index (κ3) is 2.99. The molecule has 4 rings (SSSR count). The van der Waals surface area contributed by atoms with Crippen LogP contribution in [-0.4, -0.2) is 33.6 Å². The topological polar surface area (TPSA) is 94.2 Å². The van der Waals surface area contributed by atoms with Gasteiger partial charge in [-0.2, -0.15) is 0 Å². The molecule has 9 heteroatoms. The number of pyridine rings is 1. The molecule has 1 aliphatic heterocycles. The van der Waals surface area contributed by atoms with Crippen LogP contribution in [0.1, 0.15) is 43.7 Å². The van der Waals surface area contributed by atoms with Gasteiger partial charge in [0.15, 0.2) is 0 Å². The average Bonchev–Trinajstić information content (AvgIpc) is 2.67. The molecule has 2 aromatic rings. The summed E-state index contributed by atoms with van der Waals surface area (Å²) in [7, 11) is 3.51. The number of aromatic nitrogens is 3. The molecule has 0 spiro atoms. The smallest absolute Gasteiger partial charge is 0.311 e. The lowest BCUT2D eigenvalue weighted by Crippen LogP contribution is -2.30. The Bertz CT molecular complexity index is 966. The SMILES string of the molecule is CN(C)c1c([N+](=O)[O-])cnc2c1-c1ncn(C3CCCCC3)c(=O)c1CS2. The molecular weight excluding hydrogens is 366 g/mol. The summed E-state index contributed by atoms with van der Waals surface area (Å²) in [4.78, 5) is 34.8. The van der Waals surface area contributed by atoms with Gasteiger partial charge in [0.1, 0.15) is 16.9 Å². The second-order valence-corrected chi connectivity index (χ2v) is 8.15. The van der Waals surface area contributed by atoms with Gasteiger partial charge in [-0.1, -0.05) is 19.3 Å². The minimum Gasteiger partial charge on any atom is -0.371 e. The molecule has 0 bridgehead atoms. The minimum absolute atomic E-state index is 0.0266. The standard InChI is InChI=1S/C18H21N5O3S/c1-21(2)16-13(23(25)26)8-19-17-14(16)15-12(9-27-17)18(24)22(10-20-15)11-6-4-3-5-7-11/h8,10-11H,3-7,9H2,1-2H3. The molecule has 1 saturated carbocycles. The Morgan fingerprint density at radius 3 is 2.67 bits per heavy atom. The van der Waals surface area contributed by atoms with Crippen LogP contribution in [0.5, 0.6) is 0 Å². The summed E-state index contributed by atoms with van der Waals surface area (Å²) in [6.07, 6.45) is 8.39. The number of thioether (sulfide) groups is 1. The van der Waals surface area contributed by atoms with E-state index in [4.69, 9.17) is 0 Å². The summed E-state index contributed by atoms with van der Waals surface area (Å²) in [5.41, 5.74) is 2.08. The van der Waals surface area contributed by atoms with Crippen molar-refractivity contribution in [1.29, 1.82) is 0 Å². The summed E-state index contributed by atoms with van der Waals surface area (Å²) in [5.74, 6) is 0.486. The Kier molecular flexibility index (Phi) is 4.63. The molecule has 142 valence electrons. The van der Waals surface area contributed by atoms with Crippen LogP contribution in [0.15, 0.2) is 22.3 Å². The van der Waals surface area contributed by atoms with Gasteiger partial charge in [0.05, 0.1) is 28.1 Å². The van der Waals surface area contributed by atoms with Gasteiger partial charge in [-0.3, -0.25) is 19.5 Å². The van der Waals surface area contributed by atoms with Crippen molar-refractivity contribution < 1.29 is 4.92 Å². The van der Waals surface area contributed by atoms with E-state index in [0.29, 0.717) is 33.3 Å². The first kappa shape index (κ1) is 18.0. The van der Waals surface area contributed by atoms with Crippen molar-refractivity contribution in [1.82, 2.24) is 14.5 Å². The molecule has 2 aliphatic rings. The van der Waals surface area contributed by atoms with Crippen molar-refractivity contribution in [3.63, 3.8) is 0 Å². The van der Waals surface area contributed by atoms with E-state index in [1.54, 1.807) is 29.9 Å². The number of nitro groups is 1. The normalized spacial score (nSPS) is 16.5. The van der Waals surface area contributed by atoms with Crippen LogP contribution in [0.25, 0.3) is 11.3 Å². The van der Waals surface area contributed by atoms with E-state index < -0.39 is 4.92 Å². The van der Waals surface area contributed by atoms with Crippen molar-refractivity contribution >= 4 is 23.1 Å². The molecule has 1 aliphatic carbocycles. The van der Waals surface area contributed by atoms with Crippen LogP contribution in [0.2, 0.25) is 0 Å². The van der Waals surface area contributed by atoms with E-state index in [-0.39, 0.29) is 17.3 Å². The summed E-state index contributed by atoms with van der Waals surface area (Å²) >= 11 is 1.44. The fraction of sp³-hybridized carbons (Fsp3) is 0.500. The minimum atomic E-state index is -0.440. The van der Waals surface area contributed by atoms with E-state index >= 15 is 0 Å². The van der Waals surface area contributed by atoms with Crippen molar-refractivity contribution in [3.8, 4) is 11.3 Å². The number of anilines is 1. The summed E-state index contributed by atoms with van der Waals surface area (Å²) in [5, 5.41) is 12.2. The number of hydrogen-bond donors (Lipinski definition) is 0.